The summed E-state index contributed by atoms with van der Waals surface area (Å²) >= 11 is 0. The van der Waals surface area contributed by atoms with Gasteiger partial charge >= 0.3 is 0 Å². The molecular formula is C14H15FN2O. The van der Waals surface area contributed by atoms with Gasteiger partial charge in [0, 0.05) is 12.2 Å². The lowest BCUT2D eigenvalue weighted by molar-refractivity contribution is 0.191. The minimum atomic E-state index is -0.678. The van der Waals surface area contributed by atoms with E-state index in [4.69, 9.17) is 5.73 Å². The minimum Gasteiger partial charge on any atom is -0.399 e. The number of halogens is 1. The van der Waals surface area contributed by atoms with Crippen molar-refractivity contribution in [1.29, 1.82) is 0 Å². The zero-order valence-electron chi connectivity index (χ0n) is 9.81. The maximum absolute atomic E-state index is 13.5. The molecule has 1 unspecified atom stereocenters. The molecule has 4 heteroatoms. The van der Waals surface area contributed by atoms with Crippen LogP contribution in [-0.4, -0.2) is 11.7 Å². The second-order valence-corrected chi connectivity index (χ2v) is 4.05. The second-order valence-electron chi connectivity index (χ2n) is 4.05. The van der Waals surface area contributed by atoms with E-state index in [-0.39, 0.29) is 6.54 Å². The maximum Gasteiger partial charge on any atom is 0.148 e. The van der Waals surface area contributed by atoms with E-state index < -0.39 is 11.9 Å². The first-order chi connectivity index (χ1) is 8.66. The summed E-state index contributed by atoms with van der Waals surface area (Å²) in [4.78, 5) is 0. The average Bonchev–Trinajstić information content (AvgIpc) is 2.38. The Labute approximate surface area is 105 Å². The normalized spacial score (nSPS) is 12.1. The van der Waals surface area contributed by atoms with E-state index in [1.807, 2.05) is 30.3 Å². The highest BCUT2D eigenvalue weighted by atomic mass is 19.1. The molecule has 0 aliphatic carbocycles. The standard InChI is InChI=1S/C14H15FN2O/c15-12-8-11(16)6-7-13(12)17-9-14(18)10-4-2-1-3-5-10/h1-8,14,17-18H,9,16H2. The average molecular weight is 246 g/mol. The van der Waals surface area contributed by atoms with Gasteiger partial charge in [-0.25, -0.2) is 4.39 Å². The van der Waals surface area contributed by atoms with E-state index in [1.54, 1.807) is 12.1 Å². The molecule has 0 fully saturated rings. The Morgan fingerprint density at radius 3 is 2.56 bits per heavy atom. The van der Waals surface area contributed by atoms with Gasteiger partial charge in [0.05, 0.1) is 11.8 Å². The first kappa shape index (κ1) is 12.4. The summed E-state index contributed by atoms with van der Waals surface area (Å²) in [6.07, 6.45) is -0.678. The molecule has 18 heavy (non-hydrogen) atoms. The van der Waals surface area contributed by atoms with Gasteiger partial charge < -0.3 is 16.2 Å². The number of aliphatic hydroxyl groups excluding tert-OH is 1. The summed E-state index contributed by atoms with van der Waals surface area (Å²) < 4.78 is 13.5. The van der Waals surface area contributed by atoms with Crippen LogP contribution in [0.25, 0.3) is 0 Å². The summed E-state index contributed by atoms with van der Waals surface area (Å²) in [5, 5.41) is 12.8. The van der Waals surface area contributed by atoms with Crippen LogP contribution in [-0.2, 0) is 0 Å². The second kappa shape index (κ2) is 5.51. The SMILES string of the molecule is Nc1ccc(NCC(O)c2ccccc2)c(F)c1. The maximum atomic E-state index is 13.5. The van der Waals surface area contributed by atoms with Gasteiger partial charge in [-0.2, -0.15) is 0 Å². The van der Waals surface area contributed by atoms with Crippen LogP contribution in [0.3, 0.4) is 0 Å². The van der Waals surface area contributed by atoms with Crippen LogP contribution < -0.4 is 11.1 Å². The number of hydrogen-bond donors (Lipinski definition) is 3. The van der Waals surface area contributed by atoms with E-state index in [1.165, 1.54) is 6.07 Å². The molecule has 1 atom stereocenters. The van der Waals surface area contributed by atoms with Gasteiger partial charge in [0.1, 0.15) is 5.82 Å². The van der Waals surface area contributed by atoms with Crippen molar-refractivity contribution in [2.75, 3.05) is 17.6 Å². The molecule has 2 aromatic carbocycles. The van der Waals surface area contributed by atoms with Gasteiger partial charge in [0.25, 0.3) is 0 Å². The summed E-state index contributed by atoms with van der Waals surface area (Å²) in [7, 11) is 0. The molecule has 3 nitrogen and oxygen atoms in total. The van der Waals surface area contributed by atoms with Crippen LogP contribution in [0.1, 0.15) is 11.7 Å². The molecule has 0 saturated carbocycles. The third kappa shape index (κ3) is 2.99. The van der Waals surface area contributed by atoms with Crippen molar-refractivity contribution in [3.05, 3.63) is 59.9 Å². The predicted molar refractivity (Wildman–Crippen MR) is 70.7 cm³/mol. The third-order valence-corrected chi connectivity index (χ3v) is 2.66. The molecule has 0 spiro atoms. The van der Waals surface area contributed by atoms with Crippen LogP contribution in [0.5, 0.6) is 0 Å². The largest absolute Gasteiger partial charge is 0.399 e. The summed E-state index contributed by atoms with van der Waals surface area (Å²) in [5.74, 6) is -0.421. The first-order valence-corrected chi connectivity index (χ1v) is 5.69. The summed E-state index contributed by atoms with van der Waals surface area (Å²) in [6.45, 7) is 0.241. The van der Waals surface area contributed by atoms with Gasteiger partial charge in [-0.3, -0.25) is 0 Å². The number of rotatable bonds is 4. The molecule has 0 amide bonds. The van der Waals surface area contributed by atoms with Gasteiger partial charge in [-0.15, -0.1) is 0 Å². The number of nitrogen functional groups attached to an aromatic ring is 1. The fourth-order valence-electron chi connectivity index (χ4n) is 1.67. The Hall–Kier alpha value is -2.07. The third-order valence-electron chi connectivity index (χ3n) is 2.66. The quantitative estimate of drug-likeness (QED) is 0.727. The lowest BCUT2D eigenvalue weighted by Gasteiger charge is -2.13. The molecule has 0 aromatic heterocycles. The lowest BCUT2D eigenvalue weighted by atomic mass is 10.1. The zero-order chi connectivity index (χ0) is 13.0. The number of anilines is 2. The Bertz CT molecular complexity index is 516. The summed E-state index contributed by atoms with van der Waals surface area (Å²) in [6, 6.07) is 13.6. The molecule has 0 heterocycles. The summed E-state index contributed by atoms with van der Waals surface area (Å²) in [5.41, 5.74) is 6.96. The van der Waals surface area contributed by atoms with Gasteiger partial charge in [-0.05, 0) is 23.8 Å². The van der Waals surface area contributed by atoms with Gasteiger partial charge in [-0.1, -0.05) is 30.3 Å². The van der Waals surface area contributed by atoms with E-state index in [9.17, 15) is 9.50 Å². The fraction of sp³-hybridized carbons (Fsp3) is 0.143. The van der Waals surface area contributed by atoms with Crippen LogP contribution >= 0.6 is 0 Å². The van der Waals surface area contributed by atoms with Crippen molar-refractivity contribution in [3.63, 3.8) is 0 Å². The molecule has 0 saturated heterocycles. The van der Waals surface area contributed by atoms with Crippen molar-refractivity contribution in [3.8, 4) is 0 Å². The van der Waals surface area contributed by atoms with Gasteiger partial charge in [0.2, 0.25) is 0 Å². The van der Waals surface area contributed by atoms with Crippen LogP contribution in [0, 0.1) is 5.82 Å². The molecule has 4 N–H and O–H groups in total. The van der Waals surface area contributed by atoms with Crippen molar-refractivity contribution in [2.45, 2.75) is 6.10 Å². The highest BCUT2D eigenvalue weighted by molar-refractivity contribution is 5.52. The monoisotopic (exact) mass is 246 g/mol. The Balaban J connectivity index is 1.99. The molecule has 0 aliphatic heterocycles. The number of nitrogens with two attached hydrogens (primary N) is 1. The van der Waals surface area contributed by atoms with Gasteiger partial charge in [0.15, 0.2) is 0 Å². The van der Waals surface area contributed by atoms with E-state index in [0.717, 1.165) is 5.56 Å². The molecule has 0 radical (unpaired) electrons. The molecular weight excluding hydrogens is 231 g/mol. The topological polar surface area (TPSA) is 58.3 Å². The first-order valence-electron chi connectivity index (χ1n) is 5.69. The van der Waals surface area contributed by atoms with Crippen molar-refractivity contribution < 1.29 is 9.50 Å². The molecule has 2 rings (SSSR count). The predicted octanol–water partition coefficient (Wildman–Crippen LogP) is 2.55. The van der Waals surface area contributed by atoms with Crippen molar-refractivity contribution in [2.24, 2.45) is 0 Å². The van der Waals surface area contributed by atoms with Crippen LogP contribution in [0.4, 0.5) is 15.8 Å². The Morgan fingerprint density at radius 1 is 1.17 bits per heavy atom. The number of aliphatic hydroxyl groups is 1. The number of benzene rings is 2. The number of nitrogens with one attached hydrogen (secondary N) is 1. The highest BCUT2D eigenvalue weighted by Gasteiger charge is 2.08. The lowest BCUT2D eigenvalue weighted by Crippen LogP contribution is -2.12. The zero-order valence-corrected chi connectivity index (χ0v) is 9.81. The van der Waals surface area contributed by atoms with E-state index in [2.05, 4.69) is 5.32 Å². The fourth-order valence-corrected chi connectivity index (χ4v) is 1.67. The van der Waals surface area contributed by atoms with Crippen molar-refractivity contribution >= 4 is 11.4 Å². The minimum absolute atomic E-state index is 0.241. The van der Waals surface area contributed by atoms with E-state index in [0.29, 0.717) is 11.4 Å². The Morgan fingerprint density at radius 2 is 1.89 bits per heavy atom. The van der Waals surface area contributed by atoms with Crippen molar-refractivity contribution in [1.82, 2.24) is 0 Å². The molecule has 2 aromatic rings. The highest BCUT2D eigenvalue weighted by Crippen LogP contribution is 2.19. The number of hydrogen-bond acceptors (Lipinski definition) is 3. The molecule has 0 bridgehead atoms. The van der Waals surface area contributed by atoms with Crippen LogP contribution in [0.2, 0.25) is 0 Å². The molecule has 94 valence electrons. The van der Waals surface area contributed by atoms with E-state index >= 15 is 0 Å². The Kier molecular flexibility index (Phi) is 3.79. The smallest absolute Gasteiger partial charge is 0.148 e. The van der Waals surface area contributed by atoms with Crippen LogP contribution in [0.15, 0.2) is 48.5 Å². The molecule has 0 aliphatic rings.